The van der Waals surface area contributed by atoms with Gasteiger partial charge in [-0.05, 0) is 116 Å². The number of hydrogen-bond acceptors (Lipinski definition) is 7. The molecule has 308 valence electrons. The van der Waals surface area contributed by atoms with E-state index in [1.54, 1.807) is 6.07 Å². The van der Waals surface area contributed by atoms with Gasteiger partial charge in [-0.1, -0.05) is 95.9 Å². The number of benzene rings is 1. The van der Waals surface area contributed by atoms with E-state index in [1.165, 1.54) is 50.5 Å². The van der Waals surface area contributed by atoms with Crippen molar-refractivity contribution in [3.63, 3.8) is 0 Å². The van der Waals surface area contributed by atoms with Crippen LogP contribution in [0.25, 0.3) is 5.57 Å². The van der Waals surface area contributed by atoms with Gasteiger partial charge < -0.3 is 24.5 Å². The Bertz CT molecular complexity index is 1940. The topological polar surface area (TPSA) is 107 Å². The molecule has 0 unspecified atom stereocenters. The lowest BCUT2D eigenvalue weighted by atomic mass is 9.45. The van der Waals surface area contributed by atoms with Crippen LogP contribution in [0.3, 0.4) is 0 Å². The van der Waals surface area contributed by atoms with Gasteiger partial charge in [0.2, 0.25) is 0 Å². The minimum Gasteiger partial charge on any atom is -0.446 e. The summed E-state index contributed by atoms with van der Waals surface area (Å²) in [5, 5.41) is 2.98. The standard InChI is InChI=1S/C49H67N3O5/c1-32(2)9-8-10-33(3)29-36-19-24-49(50)42-18-15-35-30-38(20-22-47(35,4)41(42)21-23-48(36,49)5)56-46(54)51-37-16-13-34(14-17-37)39-11-6-7-12-40-43(53)31-44(57-45(39)40)52-25-27-55-28-26-52/h6-7,11,13-17,31-33,36,38,41-42H,8-10,12,18-30,50H2,1-5H3,(H,51,54)/t33-,36-,38+,41+,42-,47+,48-,49-/m1/s1. The number of ether oxygens (including phenoxy) is 2. The fraction of sp³-hybridized carbons (Fsp3) is 0.633. The van der Waals surface area contributed by atoms with Gasteiger partial charge in [0, 0.05) is 47.9 Å². The molecule has 8 nitrogen and oxygen atoms in total. The Kier molecular flexibility index (Phi) is 11.4. The van der Waals surface area contributed by atoms with E-state index in [1.807, 2.05) is 42.5 Å². The van der Waals surface area contributed by atoms with Gasteiger partial charge in [-0.25, -0.2) is 4.79 Å². The summed E-state index contributed by atoms with van der Waals surface area (Å²) in [6, 6.07) is 9.30. The monoisotopic (exact) mass is 778 g/mol. The summed E-state index contributed by atoms with van der Waals surface area (Å²) in [5.41, 5.74) is 12.4. The fourth-order valence-electron chi connectivity index (χ4n) is 12.3. The zero-order valence-corrected chi connectivity index (χ0v) is 35.2. The van der Waals surface area contributed by atoms with Gasteiger partial charge in [0.15, 0.2) is 11.3 Å². The smallest absolute Gasteiger partial charge is 0.411 e. The Morgan fingerprint density at radius 1 is 1.02 bits per heavy atom. The van der Waals surface area contributed by atoms with E-state index in [0.717, 1.165) is 61.0 Å². The van der Waals surface area contributed by atoms with Gasteiger partial charge in [0.25, 0.3) is 0 Å². The normalized spacial score (nSPS) is 32.6. The summed E-state index contributed by atoms with van der Waals surface area (Å²) in [7, 11) is 0. The molecule has 8 atom stereocenters. The van der Waals surface area contributed by atoms with Crippen LogP contribution in [0, 0.1) is 40.4 Å². The first-order valence-electron chi connectivity index (χ1n) is 22.3. The number of morpholine rings is 1. The molecule has 6 aliphatic rings. The number of carbonyl (C=O) groups is 1. The third kappa shape index (κ3) is 7.70. The van der Waals surface area contributed by atoms with Crippen LogP contribution in [0.4, 0.5) is 16.4 Å². The number of carbonyl (C=O) groups excluding carboxylic acids is 1. The lowest BCUT2D eigenvalue weighted by Crippen LogP contribution is -2.65. The summed E-state index contributed by atoms with van der Waals surface area (Å²) >= 11 is 0. The highest BCUT2D eigenvalue weighted by Crippen LogP contribution is 2.68. The highest BCUT2D eigenvalue weighted by molar-refractivity contribution is 5.86. The molecule has 5 aliphatic carbocycles. The molecule has 1 aromatic carbocycles. The van der Waals surface area contributed by atoms with E-state index in [0.29, 0.717) is 67.5 Å². The Balaban J connectivity index is 0.890. The number of amides is 1. The average molecular weight is 778 g/mol. The van der Waals surface area contributed by atoms with E-state index >= 15 is 0 Å². The maximum Gasteiger partial charge on any atom is 0.411 e. The van der Waals surface area contributed by atoms with Crippen molar-refractivity contribution in [2.24, 2.45) is 46.2 Å². The molecule has 1 saturated heterocycles. The highest BCUT2D eigenvalue weighted by atomic mass is 16.6. The molecule has 0 bridgehead atoms. The molecule has 8 rings (SSSR count). The van der Waals surface area contributed by atoms with E-state index < -0.39 is 6.09 Å². The fourth-order valence-corrected chi connectivity index (χ4v) is 12.3. The van der Waals surface area contributed by atoms with Crippen molar-refractivity contribution in [2.45, 2.75) is 130 Å². The second kappa shape index (κ2) is 16.2. The Morgan fingerprint density at radius 2 is 1.81 bits per heavy atom. The number of anilines is 2. The maximum atomic E-state index is 13.3. The molecule has 2 aromatic rings. The van der Waals surface area contributed by atoms with Crippen molar-refractivity contribution in [2.75, 3.05) is 36.5 Å². The molecule has 3 saturated carbocycles. The lowest BCUT2D eigenvalue weighted by molar-refractivity contribution is -0.0690. The van der Waals surface area contributed by atoms with Gasteiger partial charge in [0.05, 0.1) is 13.2 Å². The van der Waals surface area contributed by atoms with Crippen LogP contribution in [-0.2, 0) is 15.9 Å². The molecule has 1 aromatic heterocycles. The van der Waals surface area contributed by atoms with Crippen LogP contribution >= 0.6 is 0 Å². The van der Waals surface area contributed by atoms with Crippen LogP contribution in [0.15, 0.2) is 69.4 Å². The molecule has 2 heterocycles. The maximum absolute atomic E-state index is 13.3. The summed E-state index contributed by atoms with van der Waals surface area (Å²) in [6.45, 7) is 14.8. The molecule has 3 N–H and O–H groups in total. The van der Waals surface area contributed by atoms with Crippen LogP contribution in [0.5, 0.6) is 0 Å². The predicted molar refractivity (Wildman–Crippen MR) is 229 cm³/mol. The Morgan fingerprint density at radius 3 is 2.58 bits per heavy atom. The first kappa shape index (κ1) is 40.2. The van der Waals surface area contributed by atoms with Crippen LogP contribution in [0.1, 0.15) is 129 Å². The van der Waals surface area contributed by atoms with Crippen LogP contribution in [-0.4, -0.2) is 44.0 Å². The number of nitrogens with zero attached hydrogens (tertiary/aromatic N) is 1. The van der Waals surface area contributed by atoms with Gasteiger partial charge in [0.1, 0.15) is 11.9 Å². The van der Waals surface area contributed by atoms with Crippen molar-refractivity contribution in [3.8, 4) is 0 Å². The predicted octanol–water partition coefficient (Wildman–Crippen LogP) is 10.5. The number of nitrogens with one attached hydrogen (secondary N) is 1. The summed E-state index contributed by atoms with van der Waals surface area (Å²) in [5.74, 6) is 4.57. The Hall–Kier alpha value is -3.62. The molecule has 1 aliphatic heterocycles. The average Bonchev–Trinajstić information content (AvgIpc) is 3.30. The number of hydrogen-bond donors (Lipinski definition) is 2. The summed E-state index contributed by atoms with van der Waals surface area (Å²) in [4.78, 5) is 28.6. The Labute approximate surface area is 340 Å². The number of rotatable bonds is 10. The summed E-state index contributed by atoms with van der Waals surface area (Å²) < 4.78 is 18.1. The lowest BCUT2D eigenvalue weighted by Gasteiger charge is -2.62. The number of allylic oxidation sites excluding steroid dienone is 4. The third-order valence-electron chi connectivity index (χ3n) is 15.8. The SMILES string of the molecule is CC(C)CCC[C@@H](C)C[C@H]1CC[C@@]2(N)[C@@H]3CC=C4C[C@@H](OC(=O)Nc5ccc(C6=CC=CCc7c6oc(N6CCOCC6)cc7=O)cc5)CC[C@]4(C)[C@H]3CC[C@]12C. The van der Waals surface area contributed by atoms with Gasteiger partial charge in [-0.3, -0.25) is 10.1 Å². The van der Waals surface area contributed by atoms with E-state index in [9.17, 15) is 9.59 Å². The molecule has 57 heavy (non-hydrogen) atoms. The van der Waals surface area contributed by atoms with Crippen molar-refractivity contribution >= 4 is 23.2 Å². The summed E-state index contributed by atoms with van der Waals surface area (Å²) in [6.07, 6.45) is 22.5. The zero-order chi connectivity index (χ0) is 40.0. The van der Waals surface area contributed by atoms with E-state index in [4.69, 9.17) is 19.6 Å². The second-order valence-corrected chi connectivity index (χ2v) is 19.5. The van der Waals surface area contributed by atoms with Gasteiger partial charge in [-0.15, -0.1) is 0 Å². The largest absolute Gasteiger partial charge is 0.446 e. The minimum absolute atomic E-state index is 0.0247. The first-order chi connectivity index (χ1) is 27.4. The highest BCUT2D eigenvalue weighted by Gasteiger charge is 2.65. The molecular weight excluding hydrogens is 711 g/mol. The molecule has 1 amide bonds. The van der Waals surface area contributed by atoms with Crippen molar-refractivity contribution in [1.29, 1.82) is 0 Å². The minimum atomic E-state index is -0.418. The van der Waals surface area contributed by atoms with Crippen molar-refractivity contribution in [3.05, 3.63) is 87.3 Å². The van der Waals surface area contributed by atoms with E-state index in [2.05, 4.69) is 50.9 Å². The van der Waals surface area contributed by atoms with Crippen molar-refractivity contribution < 1.29 is 18.7 Å². The second-order valence-electron chi connectivity index (χ2n) is 19.5. The molecular formula is C49H67N3O5. The molecule has 8 heteroatoms. The van der Waals surface area contributed by atoms with Crippen molar-refractivity contribution in [1.82, 2.24) is 0 Å². The third-order valence-corrected chi connectivity index (χ3v) is 15.8. The first-order valence-corrected chi connectivity index (χ1v) is 22.3. The molecule has 4 fully saturated rings. The molecule has 0 spiro atoms. The van der Waals surface area contributed by atoms with E-state index in [-0.39, 0.29) is 27.9 Å². The quantitative estimate of drug-likeness (QED) is 0.231. The van der Waals surface area contributed by atoms with Crippen LogP contribution in [0.2, 0.25) is 0 Å². The van der Waals surface area contributed by atoms with Gasteiger partial charge >= 0.3 is 6.09 Å². The van der Waals surface area contributed by atoms with Crippen LogP contribution < -0.4 is 21.4 Å². The number of fused-ring (bicyclic) bond motifs is 6. The van der Waals surface area contributed by atoms with Gasteiger partial charge in [-0.2, -0.15) is 0 Å². The number of nitrogens with two attached hydrogens (primary N) is 1. The molecule has 0 radical (unpaired) electrons. The zero-order valence-electron chi connectivity index (χ0n) is 35.2.